The molecule has 0 aromatic carbocycles. The number of methoxy groups -OCH3 is 1. The van der Waals surface area contributed by atoms with Crippen LogP contribution in [0.25, 0.3) is 0 Å². The van der Waals surface area contributed by atoms with E-state index in [-0.39, 0.29) is 0 Å². The van der Waals surface area contributed by atoms with E-state index in [9.17, 15) is 9.59 Å². The molecule has 0 rings (SSSR count). The molecule has 2 N–H and O–H groups in total. The van der Waals surface area contributed by atoms with Crippen LogP contribution in [-0.2, 0) is 9.53 Å². The molecule has 0 aromatic rings. The molecule has 0 unspecified atom stereocenters. The maximum atomic E-state index is 11.0. The highest BCUT2D eigenvalue weighted by molar-refractivity contribution is 5.74. The number of ether oxygens (including phenoxy) is 1. The van der Waals surface area contributed by atoms with Crippen molar-refractivity contribution >= 4 is 12.1 Å². The lowest BCUT2D eigenvalue weighted by Crippen LogP contribution is -2.47. The number of alkyl carbamates (subject to hydrolysis) is 1. The van der Waals surface area contributed by atoms with Crippen LogP contribution >= 0.6 is 0 Å². The van der Waals surface area contributed by atoms with Gasteiger partial charge in [0.25, 0.3) is 0 Å². The molecular formula is C10H19NO4. The summed E-state index contributed by atoms with van der Waals surface area (Å²) in [6.45, 7) is 6.76. The Morgan fingerprint density at radius 2 is 1.73 bits per heavy atom. The van der Waals surface area contributed by atoms with Crippen LogP contribution in [0.3, 0.4) is 0 Å². The van der Waals surface area contributed by atoms with Crippen LogP contribution in [-0.4, -0.2) is 29.8 Å². The van der Waals surface area contributed by atoms with Gasteiger partial charge in [0.15, 0.2) is 0 Å². The molecule has 0 radical (unpaired) electrons. The van der Waals surface area contributed by atoms with Gasteiger partial charge < -0.3 is 15.2 Å². The summed E-state index contributed by atoms with van der Waals surface area (Å²) in [7, 11) is 1.27. The molecule has 0 aliphatic rings. The number of hydrogen-bond acceptors (Lipinski definition) is 3. The lowest BCUT2D eigenvalue weighted by atomic mass is 9.80. The minimum Gasteiger partial charge on any atom is -0.481 e. The molecule has 0 atom stereocenters. The van der Waals surface area contributed by atoms with E-state index in [1.165, 1.54) is 7.11 Å². The van der Waals surface area contributed by atoms with Gasteiger partial charge in [0.1, 0.15) is 0 Å². The normalized spacial score (nSPS) is 12.1. The van der Waals surface area contributed by atoms with Crippen LogP contribution in [0.5, 0.6) is 0 Å². The van der Waals surface area contributed by atoms with Crippen molar-refractivity contribution in [1.82, 2.24) is 5.32 Å². The lowest BCUT2D eigenvalue weighted by molar-refractivity contribution is -0.148. The van der Waals surface area contributed by atoms with Crippen molar-refractivity contribution < 1.29 is 19.4 Å². The van der Waals surface area contributed by atoms with Gasteiger partial charge in [-0.1, -0.05) is 0 Å². The molecule has 0 saturated heterocycles. The molecule has 1 amide bonds. The quantitative estimate of drug-likeness (QED) is 0.750. The molecule has 0 spiro atoms. The molecule has 0 saturated carbocycles. The standard InChI is InChI=1S/C10H19NO4/c1-9(2,7(12)13)6-10(3,4)11-8(14)15-5/h6H2,1-5H3,(H,11,14)(H,12,13). The van der Waals surface area contributed by atoms with Crippen LogP contribution in [0.1, 0.15) is 34.1 Å². The van der Waals surface area contributed by atoms with Crippen molar-refractivity contribution in [1.29, 1.82) is 0 Å². The van der Waals surface area contributed by atoms with Gasteiger partial charge in [-0.3, -0.25) is 4.79 Å². The second kappa shape index (κ2) is 4.51. The fourth-order valence-corrected chi connectivity index (χ4v) is 1.55. The number of carboxylic acid groups (broad SMARTS) is 1. The number of amides is 1. The zero-order chi connectivity index (χ0) is 12.3. The molecule has 5 heteroatoms. The Kier molecular flexibility index (Phi) is 4.13. The summed E-state index contributed by atoms with van der Waals surface area (Å²) in [5, 5.41) is 11.5. The molecule has 0 bridgehead atoms. The monoisotopic (exact) mass is 217 g/mol. The highest BCUT2D eigenvalue weighted by atomic mass is 16.5. The fraction of sp³-hybridized carbons (Fsp3) is 0.800. The number of carbonyl (C=O) groups excluding carboxylic acids is 1. The minimum absolute atomic E-state index is 0.324. The number of carboxylic acids is 1. The molecule has 0 fully saturated rings. The van der Waals surface area contributed by atoms with E-state index in [0.717, 1.165) is 0 Å². The van der Waals surface area contributed by atoms with Crippen LogP contribution in [0, 0.1) is 5.41 Å². The third-order valence-electron chi connectivity index (χ3n) is 2.09. The Morgan fingerprint density at radius 1 is 1.27 bits per heavy atom. The molecule has 0 heterocycles. The second-order valence-corrected chi connectivity index (χ2v) is 4.87. The van der Waals surface area contributed by atoms with Gasteiger partial charge in [0.2, 0.25) is 0 Å². The fourth-order valence-electron chi connectivity index (χ4n) is 1.55. The van der Waals surface area contributed by atoms with Gasteiger partial charge in [-0.2, -0.15) is 0 Å². The second-order valence-electron chi connectivity index (χ2n) is 4.87. The molecule has 88 valence electrons. The maximum Gasteiger partial charge on any atom is 0.407 e. The highest BCUT2D eigenvalue weighted by Crippen LogP contribution is 2.27. The summed E-state index contributed by atoms with van der Waals surface area (Å²) in [6.07, 6.45) is -0.231. The topological polar surface area (TPSA) is 75.6 Å². The third-order valence-corrected chi connectivity index (χ3v) is 2.09. The first-order valence-corrected chi connectivity index (χ1v) is 4.70. The number of hydrogen-bond donors (Lipinski definition) is 2. The van der Waals surface area contributed by atoms with Crippen LogP contribution in [0.15, 0.2) is 0 Å². The molecule has 5 nitrogen and oxygen atoms in total. The first-order valence-electron chi connectivity index (χ1n) is 4.70. The molecule has 0 aliphatic carbocycles. The predicted octanol–water partition coefficient (Wildman–Crippen LogP) is 1.62. The van der Waals surface area contributed by atoms with Gasteiger partial charge in [-0.15, -0.1) is 0 Å². The van der Waals surface area contributed by atoms with E-state index >= 15 is 0 Å². The summed E-state index contributed by atoms with van der Waals surface area (Å²) < 4.78 is 4.46. The Hall–Kier alpha value is -1.26. The Bertz CT molecular complexity index is 258. The lowest BCUT2D eigenvalue weighted by Gasteiger charge is -2.32. The van der Waals surface area contributed by atoms with Crippen LogP contribution in [0.4, 0.5) is 4.79 Å². The molecule has 15 heavy (non-hydrogen) atoms. The zero-order valence-electron chi connectivity index (χ0n) is 9.88. The van der Waals surface area contributed by atoms with E-state index in [2.05, 4.69) is 10.1 Å². The molecule has 0 aromatic heterocycles. The van der Waals surface area contributed by atoms with Crippen molar-refractivity contribution in [2.45, 2.75) is 39.7 Å². The van der Waals surface area contributed by atoms with Crippen LogP contribution in [0.2, 0.25) is 0 Å². The Labute approximate surface area is 89.8 Å². The summed E-state index contributed by atoms with van der Waals surface area (Å²) in [6, 6.07) is 0. The van der Waals surface area contributed by atoms with Crippen molar-refractivity contribution in [2.24, 2.45) is 5.41 Å². The average molecular weight is 217 g/mol. The number of aliphatic carboxylic acids is 1. The van der Waals surface area contributed by atoms with Gasteiger partial charge in [-0.25, -0.2) is 4.79 Å². The molecule has 0 aliphatic heterocycles. The smallest absolute Gasteiger partial charge is 0.407 e. The number of nitrogens with one attached hydrogen (secondary N) is 1. The van der Waals surface area contributed by atoms with E-state index in [4.69, 9.17) is 5.11 Å². The average Bonchev–Trinajstić information content (AvgIpc) is 2.00. The maximum absolute atomic E-state index is 11.0. The van der Waals surface area contributed by atoms with Gasteiger partial charge in [-0.05, 0) is 34.1 Å². The van der Waals surface area contributed by atoms with Crippen molar-refractivity contribution in [2.75, 3.05) is 7.11 Å². The minimum atomic E-state index is -0.887. The van der Waals surface area contributed by atoms with E-state index in [1.54, 1.807) is 27.7 Å². The van der Waals surface area contributed by atoms with E-state index < -0.39 is 23.0 Å². The van der Waals surface area contributed by atoms with Gasteiger partial charge in [0, 0.05) is 5.54 Å². The van der Waals surface area contributed by atoms with Crippen LogP contribution < -0.4 is 5.32 Å². The molecular weight excluding hydrogens is 198 g/mol. The largest absolute Gasteiger partial charge is 0.481 e. The van der Waals surface area contributed by atoms with Crippen molar-refractivity contribution in [3.8, 4) is 0 Å². The third kappa shape index (κ3) is 4.67. The number of carbonyl (C=O) groups is 2. The van der Waals surface area contributed by atoms with Gasteiger partial charge in [0.05, 0.1) is 12.5 Å². The highest BCUT2D eigenvalue weighted by Gasteiger charge is 2.35. The summed E-state index contributed by atoms with van der Waals surface area (Å²) in [5.41, 5.74) is -1.50. The van der Waals surface area contributed by atoms with E-state index in [1.807, 2.05) is 0 Å². The SMILES string of the molecule is COC(=O)NC(C)(C)CC(C)(C)C(=O)O. The van der Waals surface area contributed by atoms with Gasteiger partial charge >= 0.3 is 12.1 Å². The summed E-state index contributed by atoms with van der Waals surface area (Å²) >= 11 is 0. The Morgan fingerprint density at radius 3 is 2.07 bits per heavy atom. The zero-order valence-corrected chi connectivity index (χ0v) is 9.88. The predicted molar refractivity (Wildman–Crippen MR) is 55.7 cm³/mol. The summed E-state index contributed by atoms with van der Waals surface area (Å²) in [5.74, 6) is -0.887. The Balaban J connectivity index is 4.50. The first-order chi connectivity index (χ1) is 6.60. The number of rotatable bonds is 4. The summed E-state index contributed by atoms with van der Waals surface area (Å²) in [4.78, 5) is 21.9. The van der Waals surface area contributed by atoms with Crippen molar-refractivity contribution in [3.63, 3.8) is 0 Å². The van der Waals surface area contributed by atoms with E-state index in [0.29, 0.717) is 6.42 Å². The first kappa shape index (κ1) is 13.7. The van der Waals surface area contributed by atoms with Crippen molar-refractivity contribution in [3.05, 3.63) is 0 Å².